The molecule has 7 aromatic carbocycles. The molecule has 0 spiro atoms. The first kappa shape index (κ1) is 38.4. The van der Waals surface area contributed by atoms with Gasteiger partial charge in [-0.3, -0.25) is 0 Å². The minimum absolute atomic E-state index is 0.0581. The Labute approximate surface area is 341 Å². The van der Waals surface area contributed by atoms with Crippen LogP contribution in [0.2, 0.25) is 0 Å². The molecule has 0 fully saturated rings. The van der Waals surface area contributed by atoms with Gasteiger partial charge in [-0.2, -0.15) is 26.3 Å². The Kier molecular flexibility index (Phi) is 9.38. The Morgan fingerprint density at radius 3 is 1.60 bits per heavy atom. The Hall–Kier alpha value is -7.07. The molecule has 60 heavy (non-hydrogen) atoms. The van der Waals surface area contributed by atoms with Crippen LogP contribution in [-0.2, 0) is 12.4 Å². The molecule has 0 bridgehead atoms. The van der Waals surface area contributed by atoms with Gasteiger partial charge in [0, 0.05) is 27.5 Å². The Morgan fingerprint density at radius 1 is 0.433 bits per heavy atom. The number of alkyl halides is 6. The van der Waals surface area contributed by atoms with Crippen molar-refractivity contribution in [3.63, 3.8) is 0 Å². The van der Waals surface area contributed by atoms with Gasteiger partial charge >= 0.3 is 12.4 Å². The molecule has 0 radical (unpaired) electrons. The second-order valence-electron chi connectivity index (χ2n) is 14.9. The van der Waals surface area contributed by atoms with Crippen molar-refractivity contribution < 1.29 is 26.3 Å². The van der Waals surface area contributed by atoms with E-state index in [4.69, 9.17) is 15.0 Å². The molecule has 0 amide bonds. The van der Waals surface area contributed by atoms with Gasteiger partial charge in [0.05, 0.1) is 27.8 Å². The third kappa shape index (κ3) is 6.97. The van der Waals surface area contributed by atoms with Gasteiger partial charge in [0.25, 0.3) is 0 Å². The Morgan fingerprint density at radius 2 is 0.983 bits per heavy atom. The lowest BCUT2D eigenvalue weighted by Gasteiger charge is -2.19. The summed E-state index contributed by atoms with van der Waals surface area (Å²) in [5.74, 6) is 1.01. The number of aromatic nitrogens is 4. The number of benzene rings is 7. The van der Waals surface area contributed by atoms with Gasteiger partial charge in [-0.1, -0.05) is 121 Å². The van der Waals surface area contributed by atoms with E-state index in [0.717, 1.165) is 66.8 Å². The highest BCUT2D eigenvalue weighted by Crippen LogP contribution is 2.44. The summed E-state index contributed by atoms with van der Waals surface area (Å²) in [6.45, 7) is 6.18. The molecule has 0 N–H and O–H groups in total. The largest absolute Gasteiger partial charge is 0.417 e. The predicted molar refractivity (Wildman–Crippen MR) is 226 cm³/mol. The number of para-hydroxylation sites is 1. The zero-order valence-electron chi connectivity index (χ0n) is 32.5. The van der Waals surface area contributed by atoms with E-state index in [1.54, 1.807) is 12.1 Å². The molecular weight excluding hydrogens is 771 g/mol. The third-order valence-corrected chi connectivity index (χ3v) is 10.8. The summed E-state index contributed by atoms with van der Waals surface area (Å²) in [7, 11) is 0. The second-order valence-corrected chi connectivity index (χ2v) is 14.9. The number of nitrogens with zero attached hydrogens (tertiary/aromatic N) is 4. The molecule has 9 aromatic rings. The summed E-state index contributed by atoms with van der Waals surface area (Å²) in [5, 5.41) is 1.79. The monoisotopic (exact) mass is 804 g/mol. The van der Waals surface area contributed by atoms with Gasteiger partial charge in [0.1, 0.15) is 0 Å². The highest BCUT2D eigenvalue weighted by molar-refractivity contribution is 6.11. The molecule has 4 nitrogen and oxygen atoms in total. The maximum Gasteiger partial charge on any atom is 0.417 e. The van der Waals surface area contributed by atoms with Gasteiger partial charge < -0.3 is 4.57 Å². The number of fused-ring (bicyclic) bond motifs is 3. The fourth-order valence-electron chi connectivity index (χ4n) is 8.23. The third-order valence-electron chi connectivity index (χ3n) is 10.8. The minimum Gasteiger partial charge on any atom is -0.308 e. The standard InChI is InChI=1S/C50H34F6N4/c1-29-24-30(2)45(31(3)25-29)35-19-21-39-38-16-10-11-17-42(38)60(43(39)27-35)44-26-34(37-23-20-36(49(51,52)53)28-41(37)50(54,55)56)18-22-40(44)48-58-46(32-12-6-4-7-13-32)57-47(59-48)33-14-8-5-9-15-33/h4-28H,1-3H3. The van der Waals surface area contributed by atoms with Crippen LogP contribution < -0.4 is 0 Å². The molecule has 296 valence electrons. The van der Waals surface area contributed by atoms with Gasteiger partial charge in [0.15, 0.2) is 17.5 Å². The van der Waals surface area contributed by atoms with E-state index in [1.165, 1.54) is 6.07 Å². The molecule has 0 unspecified atom stereocenters. The number of hydrogen-bond donors (Lipinski definition) is 0. The molecule has 2 aromatic heterocycles. The summed E-state index contributed by atoms with van der Waals surface area (Å²) < 4.78 is 87.7. The molecule has 0 aliphatic carbocycles. The maximum atomic E-state index is 14.7. The molecule has 0 aliphatic rings. The number of halogens is 6. The summed E-state index contributed by atoms with van der Waals surface area (Å²) in [6, 6.07) is 43.4. The summed E-state index contributed by atoms with van der Waals surface area (Å²) >= 11 is 0. The van der Waals surface area contributed by atoms with Crippen LogP contribution in [0.3, 0.4) is 0 Å². The summed E-state index contributed by atoms with van der Waals surface area (Å²) in [5.41, 5.74) is 6.03. The predicted octanol–water partition coefficient (Wildman–Crippen LogP) is 14.3. The molecule has 9 rings (SSSR count). The Balaban J connectivity index is 1.39. The number of rotatable bonds is 6. The van der Waals surface area contributed by atoms with Gasteiger partial charge in [-0.25, -0.2) is 15.0 Å². The van der Waals surface area contributed by atoms with Crippen molar-refractivity contribution in [2.45, 2.75) is 33.1 Å². The average Bonchev–Trinajstić information content (AvgIpc) is 3.56. The van der Waals surface area contributed by atoms with Crippen LogP contribution in [-0.4, -0.2) is 19.5 Å². The summed E-state index contributed by atoms with van der Waals surface area (Å²) in [4.78, 5) is 14.8. The van der Waals surface area contributed by atoms with E-state index in [1.807, 2.05) is 102 Å². The summed E-state index contributed by atoms with van der Waals surface area (Å²) in [6.07, 6.45) is -10.1. The van der Waals surface area contributed by atoms with Crippen molar-refractivity contribution in [1.82, 2.24) is 19.5 Å². The average molecular weight is 805 g/mol. The van der Waals surface area contributed by atoms with Gasteiger partial charge in [-0.05, 0) is 90.6 Å². The van der Waals surface area contributed by atoms with Crippen LogP contribution in [0.4, 0.5) is 26.3 Å². The molecule has 10 heteroatoms. The highest BCUT2D eigenvalue weighted by atomic mass is 19.4. The molecule has 2 heterocycles. The lowest BCUT2D eigenvalue weighted by molar-refractivity contribution is -0.142. The lowest BCUT2D eigenvalue weighted by Crippen LogP contribution is -2.12. The maximum absolute atomic E-state index is 14.7. The lowest BCUT2D eigenvalue weighted by atomic mass is 9.93. The molecule has 0 saturated heterocycles. The second kappa shape index (κ2) is 14.6. The van der Waals surface area contributed by atoms with Crippen molar-refractivity contribution in [1.29, 1.82) is 0 Å². The van der Waals surface area contributed by atoms with E-state index in [9.17, 15) is 26.3 Å². The first-order chi connectivity index (χ1) is 28.7. The van der Waals surface area contributed by atoms with Crippen molar-refractivity contribution in [2.24, 2.45) is 0 Å². The van der Waals surface area contributed by atoms with Crippen molar-refractivity contribution in [2.75, 3.05) is 0 Å². The zero-order valence-corrected chi connectivity index (χ0v) is 32.5. The van der Waals surface area contributed by atoms with E-state index in [0.29, 0.717) is 29.0 Å². The first-order valence-corrected chi connectivity index (χ1v) is 19.2. The van der Waals surface area contributed by atoms with Crippen LogP contribution in [0, 0.1) is 20.8 Å². The van der Waals surface area contributed by atoms with Crippen LogP contribution in [0.25, 0.3) is 83.9 Å². The van der Waals surface area contributed by atoms with E-state index in [2.05, 4.69) is 38.1 Å². The van der Waals surface area contributed by atoms with Crippen molar-refractivity contribution >= 4 is 21.8 Å². The number of hydrogen-bond acceptors (Lipinski definition) is 3. The van der Waals surface area contributed by atoms with Crippen LogP contribution in [0.15, 0.2) is 152 Å². The molecule has 0 saturated carbocycles. The zero-order chi connectivity index (χ0) is 41.9. The quantitative estimate of drug-likeness (QED) is 0.157. The minimum atomic E-state index is -5.09. The SMILES string of the molecule is Cc1cc(C)c(-c2ccc3c4ccccc4n(-c4cc(-c5ccc(C(F)(F)F)cc5C(F)(F)F)ccc4-c4nc(-c5ccccc5)nc(-c5ccccc5)n4)c3c2)c(C)c1. The highest BCUT2D eigenvalue weighted by Gasteiger charge is 2.38. The topological polar surface area (TPSA) is 43.6 Å². The van der Waals surface area contributed by atoms with Crippen LogP contribution in [0.1, 0.15) is 27.8 Å². The normalized spacial score (nSPS) is 12.1. The molecule has 0 aliphatic heterocycles. The fraction of sp³-hybridized carbons (Fsp3) is 0.100. The molecular formula is C50H34F6N4. The first-order valence-electron chi connectivity index (χ1n) is 19.2. The van der Waals surface area contributed by atoms with E-state index < -0.39 is 29.0 Å². The van der Waals surface area contributed by atoms with Gasteiger partial charge in [-0.15, -0.1) is 0 Å². The van der Waals surface area contributed by atoms with Crippen LogP contribution >= 0.6 is 0 Å². The number of aryl methyl sites for hydroxylation is 3. The van der Waals surface area contributed by atoms with E-state index in [-0.39, 0.29) is 17.5 Å². The van der Waals surface area contributed by atoms with Gasteiger partial charge in [0.2, 0.25) is 0 Å². The Bertz CT molecular complexity index is 3010. The van der Waals surface area contributed by atoms with E-state index >= 15 is 0 Å². The smallest absolute Gasteiger partial charge is 0.308 e. The van der Waals surface area contributed by atoms with Crippen molar-refractivity contribution in [3.8, 4) is 62.1 Å². The molecule has 0 atom stereocenters. The van der Waals surface area contributed by atoms with Crippen molar-refractivity contribution in [3.05, 3.63) is 179 Å². The fourth-order valence-corrected chi connectivity index (χ4v) is 8.23. The van der Waals surface area contributed by atoms with Crippen LogP contribution in [0.5, 0.6) is 0 Å².